The summed E-state index contributed by atoms with van der Waals surface area (Å²) in [5.74, 6) is -1.44. The molecule has 166 valence electrons. The molecule has 0 saturated heterocycles. The average molecular weight is 440 g/mol. The predicted molar refractivity (Wildman–Crippen MR) is 103 cm³/mol. The van der Waals surface area contributed by atoms with E-state index in [1.165, 1.54) is 38.4 Å². The standard InChI is InChI=1S/C20H20F4N4O3/c1-10-16(25)28-19(2,18(31-10)20(22,23)24)13-8-11(4-6-14(13)21)27-17(29)15-7-5-12(30-3)9-26-15/h4-9,18,28H,25H2,1-3H3,(H,27,29)/t18-,19-/m1/s1. The molecule has 3 rings (SSSR count). The van der Waals surface area contributed by atoms with Crippen LogP contribution in [0.4, 0.5) is 23.2 Å². The van der Waals surface area contributed by atoms with Crippen molar-refractivity contribution in [2.24, 2.45) is 5.73 Å². The van der Waals surface area contributed by atoms with Crippen molar-refractivity contribution in [3.8, 4) is 5.75 Å². The first-order valence-electron chi connectivity index (χ1n) is 9.05. The fraction of sp³-hybridized carbons (Fsp3) is 0.300. The van der Waals surface area contributed by atoms with E-state index in [-0.39, 0.29) is 28.5 Å². The lowest BCUT2D eigenvalue weighted by Gasteiger charge is -2.44. The Balaban J connectivity index is 1.96. The molecule has 1 aliphatic rings. The third-order valence-corrected chi connectivity index (χ3v) is 4.88. The van der Waals surface area contributed by atoms with Gasteiger partial charge in [0.1, 0.15) is 34.4 Å². The minimum atomic E-state index is -4.83. The van der Waals surface area contributed by atoms with E-state index in [1.54, 1.807) is 0 Å². The van der Waals surface area contributed by atoms with Crippen LogP contribution in [0.15, 0.2) is 48.1 Å². The van der Waals surface area contributed by atoms with E-state index in [0.717, 1.165) is 19.1 Å². The summed E-state index contributed by atoms with van der Waals surface area (Å²) in [6, 6.07) is 6.20. The second-order valence-electron chi connectivity index (χ2n) is 7.07. The van der Waals surface area contributed by atoms with Gasteiger partial charge in [-0.3, -0.25) is 4.79 Å². The number of nitrogens with zero attached hydrogens (tertiary/aromatic N) is 1. The minimum Gasteiger partial charge on any atom is -0.495 e. The second kappa shape index (κ2) is 7.97. The van der Waals surface area contributed by atoms with Crippen LogP contribution in [-0.4, -0.2) is 30.3 Å². The number of carbonyl (C=O) groups is 1. The van der Waals surface area contributed by atoms with Crippen molar-refractivity contribution >= 4 is 11.6 Å². The quantitative estimate of drug-likeness (QED) is 0.631. The van der Waals surface area contributed by atoms with Crippen molar-refractivity contribution in [2.45, 2.75) is 31.7 Å². The average Bonchev–Trinajstić information content (AvgIpc) is 2.71. The molecule has 0 fully saturated rings. The van der Waals surface area contributed by atoms with Crippen molar-refractivity contribution in [3.05, 3.63) is 65.2 Å². The number of amides is 1. The molecule has 1 aromatic heterocycles. The normalized spacial score (nSPS) is 21.2. The largest absolute Gasteiger partial charge is 0.495 e. The van der Waals surface area contributed by atoms with Crippen molar-refractivity contribution in [2.75, 3.05) is 12.4 Å². The number of benzene rings is 1. The summed E-state index contributed by atoms with van der Waals surface area (Å²) in [5, 5.41) is 5.01. The number of nitrogens with one attached hydrogen (secondary N) is 2. The number of nitrogens with two attached hydrogens (primary N) is 1. The number of allylic oxidation sites excluding steroid dienone is 1. The van der Waals surface area contributed by atoms with Gasteiger partial charge in [-0.2, -0.15) is 13.2 Å². The van der Waals surface area contributed by atoms with Gasteiger partial charge in [0.15, 0.2) is 0 Å². The molecule has 31 heavy (non-hydrogen) atoms. The molecule has 0 spiro atoms. The monoisotopic (exact) mass is 440 g/mol. The number of carbonyl (C=O) groups excluding carboxylic acids is 1. The smallest absolute Gasteiger partial charge is 0.428 e. The molecule has 11 heteroatoms. The fourth-order valence-electron chi connectivity index (χ4n) is 3.23. The Morgan fingerprint density at radius 2 is 2.03 bits per heavy atom. The van der Waals surface area contributed by atoms with Crippen LogP contribution in [0.25, 0.3) is 0 Å². The van der Waals surface area contributed by atoms with Gasteiger partial charge in [0.05, 0.1) is 13.3 Å². The molecule has 2 aromatic rings. The van der Waals surface area contributed by atoms with E-state index in [9.17, 15) is 22.4 Å². The molecule has 1 aromatic carbocycles. The zero-order chi connectivity index (χ0) is 23.0. The summed E-state index contributed by atoms with van der Waals surface area (Å²) in [7, 11) is 1.44. The first-order valence-corrected chi connectivity index (χ1v) is 9.05. The van der Waals surface area contributed by atoms with Crippen molar-refractivity contribution in [3.63, 3.8) is 0 Å². The number of methoxy groups -OCH3 is 1. The highest BCUT2D eigenvalue weighted by atomic mass is 19.4. The predicted octanol–water partition coefficient (Wildman–Crippen LogP) is 3.40. The summed E-state index contributed by atoms with van der Waals surface area (Å²) in [4.78, 5) is 16.4. The SMILES string of the molecule is COc1ccc(C(=O)Nc2ccc(F)c([C@@]3(C)NC(N)=C(C)O[C@H]3C(F)(F)F)c2)nc1. The minimum absolute atomic E-state index is 0.0352. The Bertz CT molecular complexity index is 1020. The lowest BCUT2D eigenvalue weighted by Crippen LogP contribution is -2.60. The van der Waals surface area contributed by atoms with Gasteiger partial charge in [0, 0.05) is 11.3 Å². The maximum Gasteiger partial charge on any atom is 0.428 e. The van der Waals surface area contributed by atoms with Crippen LogP contribution in [0.3, 0.4) is 0 Å². The summed E-state index contributed by atoms with van der Waals surface area (Å²) in [5.41, 5.74) is 3.35. The van der Waals surface area contributed by atoms with Gasteiger partial charge in [0.2, 0.25) is 6.10 Å². The van der Waals surface area contributed by atoms with E-state index in [0.29, 0.717) is 5.75 Å². The Hall–Kier alpha value is -3.50. The van der Waals surface area contributed by atoms with Crippen LogP contribution in [0.5, 0.6) is 5.75 Å². The van der Waals surface area contributed by atoms with E-state index in [2.05, 4.69) is 15.6 Å². The Morgan fingerprint density at radius 3 is 2.61 bits per heavy atom. The van der Waals surface area contributed by atoms with Crippen molar-refractivity contribution in [1.29, 1.82) is 0 Å². The van der Waals surface area contributed by atoms with Crippen LogP contribution >= 0.6 is 0 Å². The topological polar surface area (TPSA) is 98.5 Å². The number of rotatable bonds is 4. The van der Waals surface area contributed by atoms with E-state index >= 15 is 0 Å². The highest BCUT2D eigenvalue weighted by Gasteiger charge is 2.57. The van der Waals surface area contributed by atoms with Gasteiger partial charge in [-0.25, -0.2) is 9.37 Å². The van der Waals surface area contributed by atoms with Crippen LogP contribution in [0, 0.1) is 5.82 Å². The summed E-state index contributed by atoms with van der Waals surface area (Å²) in [6.45, 7) is 2.40. The molecule has 4 N–H and O–H groups in total. The molecule has 1 amide bonds. The van der Waals surface area contributed by atoms with E-state index in [1.807, 2.05) is 0 Å². The molecular formula is C20H20F4N4O3. The molecule has 2 atom stereocenters. The molecule has 0 saturated carbocycles. The van der Waals surface area contributed by atoms with Crippen LogP contribution < -0.4 is 21.1 Å². The van der Waals surface area contributed by atoms with Gasteiger partial charge < -0.3 is 25.8 Å². The second-order valence-corrected chi connectivity index (χ2v) is 7.07. The maximum absolute atomic E-state index is 14.7. The summed E-state index contributed by atoms with van der Waals surface area (Å²) >= 11 is 0. The molecule has 0 bridgehead atoms. The van der Waals surface area contributed by atoms with E-state index in [4.69, 9.17) is 15.2 Å². The third-order valence-electron chi connectivity index (χ3n) is 4.88. The molecule has 0 radical (unpaired) electrons. The number of hydrogen-bond donors (Lipinski definition) is 3. The lowest BCUT2D eigenvalue weighted by molar-refractivity contribution is -0.237. The van der Waals surface area contributed by atoms with Crippen LogP contribution in [0.2, 0.25) is 0 Å². The van der Waals surface area contributed by atoms with Crippen molar-refractivity contribution in [1.82, 2.24) is 10.3 Å². The molecule has 2 heterocycles. The van der Waals surface area contributed by atoms with Crippen LogP contribution in [0.1, 0.15) is 29.9 Å². The Morgan fingerprint density at radius 1 is 1.32 bits per heavy atom. The molecule has 1 aliphatic heterocycles. The number of aromatic nitrogens is 1. The van der Waals surface area contributed by atoms with Crippen LogP contribution in [-0.2, 0) is 10.3 Å². The number of hydrogen-bond acceptors (Lipinski definition) is 6. The maximum atomic E-state index is 14.7. The van der Waals surface area contributed by atoms with Gasteiger partial charge in [-0.15, -0.1) is 0 Å². The highest BCUT2D eigenvalue weighted by molar-refractivity contribution is 6.02. The Labute approximate surface area is 175 Å². The van der Waals surface area contributed by atoms with Gasteiger partial charge in [-0.05, 0) is 44.2 Å². The first kappa shape index (κ1) is 22.2. The number of anilines is 1. The first-order chi connectivity index (χ1) is 14.5. The van der Waals surface area contributed by atoms with Crippen molar-refractivity contribution < 1.29 is 31.8 Å². The summed E-state index contributed by atoms with van der Waals surface area (Å²) in [6.07, 6.45) is -5.92. The van der Waals surface area contributed by atoms with Gasteiger partial charge in [0.25, 0.3) is 5.91 Å². The summed E-state index contributed by atoms with van der Waals surface area (Å²) < 4.78 is 65.8. The fourth-order valence-corrected chi connectivity index (χ4v) is 3.23. The molecule has 7 nitrogen and oxygen atoms in total. The number of halogens is 4. The molecule has 0 aliphatic carbocycles. The zero-order valence-corrected chi connectivity index (χ0v) is 16.8. The highest BCUT2D eigenvalue weighted by Crippen LogP contribution is 2.42. The molecule has 0 unspecified atom stereocenters. The molecular weight excluding hydrogens is 420 g/mol. The number of pyridine rings is 1. The number of ether oxygens (including phenoxy) is 2. The Kier molecular flexibility index (Phi) is 5.70. The van der Waals surface area contributed by atoms with Gasteiger partial charge in [-0.1, -0.05) is 0 Å². The third kappa shape index (κ3) is 4.35. The van der Waals surface area contributed by atoms with Gasteiger partial charge >= 0.3 is 6.18 Å². The number of alkyl halides is 3. The van der Waals surface area contributed by atoms with E-state index < -0.39 is 29.5 Å². The zero-order valence-electron chi connectivity index (χ0n) is 16.8. The lowest BCUT2D eigenvalue weighted by atomic mass is 9.84.